The standard InChI is InChI=1S/C15H24O6S/c1-2-3-4-5-6-7-13(16)19-10-11-20-14(17)8-9-15(18)21-12-22/h8-9,22H,2-7,10-12H2,1H3. The van der Waals surface area contributed by atoms with Crippen molar-refractivity contribution in [2.24, 2.45) is 0 Å². The second-order valence-corrected chi connectivity index (χ2v) is 4.74. The summed E-state index contributed by atoms with van der Waals surface area (Å²) in [6.07, 6.45) is 7.58. The van der Waals surface area contributed by atoms with Gasteiger partial charge in [0.25, 0.3) is 0 Å². The predicted molar refractivity (Wildman–Crippen MR) is 84.4 cm³/mol. The van der Waals surface area contributed by atoms with Crippen molar-refractivity contribution in [2.75, 3.05) is 19.2 Å². The van der Waals surface area contributed by atoms with Crippen molar-refractivity contribution < 1.29 is 28.6 Å². The van der Waals surface area contributed by atoms with Crippen molar-refractivity contribution in [3.63, 3.8) is 0 Å². The molecule has 0 heterocycles. The van der Waals surface area contributed by atoms with Crippen LogP contribution in [-0.2, 0) is 28.6 Å². The maximum Gasteiger partial charge on any atom is 0.331 e. The molecule has 0 saturated heterocycles. The quantitative estimate of drug-likeness (QED) is 0.148. The highest BCUT2D eigenvalue weighted by Crippen LogP contribution is 2.05. The second-order valence-electron chi connectivity index (χ2n) is 4.48. The number of ether oxygens (including phenoxy) is 3. The van der Waals surface area contributed by atoms with Crippen LogP contribution in [0.4, 0.5) is 0 Å². The van der Waals surface area contributed by atoms with Crippen LogP contribution in [0.2, 0.25) is 0 Å². The molecule has 0 aliphatic rings. The lowest BCUT2D eigenvalue weighted by atomic mass is 10.1. The summed E-state index contributed by atoms with van der Waals surface area (Å²) in [7, 11) is 0. The van der Waals surface area contributed by atoms with Gasteiger partial charge in [0.05, 0.1) is 0 Å². The Morgan fingerprint density at radius 3 is 2.09 bits per heavy atom. The maximum absolute atomic E-state index is 11.4. The first-order valence-corrected chi connectivity index (χ1v) is 8.01. The Hall–Kier alpha value is -1.50. The minimum atomic E-state index is -0.702. The zero-order chi connectivity index (χ0) is 16.6. The number of esters is 3. The molecule has 0 saturated carbocycles. The lowest BCUT2D eigenvalue weighted by Crippen LogP contribution is -2.13. The van der Waals surface area contributed by atoms with E-state index in [9.17, 15) is 14.4 Å². The topological polar surface area (TPSA) is 78.9 Å². The minimum Gasteiger partial charge on any atom is -0.462 e. The van der Waals surface area contributed by atoms with Crippen molar-refractivity contribution in [2.45, 2.75) is 45.4 Å². The fourth-order valence-electron chi connectivity index (χ4n) is 1.54. The van der Waals surface area contributed by atoms with Crippen molar-refractivity contribution in [1.82, 2.24) is 0 Å². The normalized spacial score (nSPS) is 10.5. The molecule has 0 radical (unpaired) electrons. The number of rotatable bonds is 12. The summed E-state index contributed by atoms with van der Waals surface area (Å²) in [4.78, 5) is 33.5. The van der Waals surface area contributed by atoms with Crippen LogP contribution >= 0.6 is 12.6 Å². The highest BCUT2D eigenvalue weighted by molar-refractivity contribution is 7.80. The van der Waals surface area contributed by atoms with E-state index in [1.165, 1.54) is 6.42 Å². The molecule has 0 bridgehead atoms. The SMILES string of the molecule is CCCCCCCC(=O)OCCOC(=O)C=CC(=O)OCS. The molecule has 6 nitrogen and oxygen atoms in total. The molecule has 0 aromatic carbocycles. The van der Waals surface area contributed by atoms with E-state index < -0.39 is 11.9 Å². The molecule has 0 amide bonds. The van der Waals surface area contributed by atoms with Crippen LogP contribution in [0.15, 0.2) is 12.2 Å². The van der Waals surface area contributed by atoms with E-state index in [-0.39, 0.29) is 25.1 Å². The Morgan fingerprint density at radius 1 is 0.864 bits per heavy atom. The Kier molecular flexibility index (Phi) is 13.5. The highest BCUT2D eigenvalue weighted by atomic mass is 32.1. The molecule has 0 aliphatic heterocycles. The first-order valence-electron chi connectivity index (χ1n) is 7.38. The van der Waals surface area contributed by atoms with E-state index in [1.54, 1.807) is 0 Å². The number of thiol groups is 1. The summed E-state index contributed by atoms with van der Waals surface area (Å²) in [5.74, 6) is -1.74. The summed E-state index contributed by atoms with van der Waals surface area (Å²) in [6.45, 7) is 2.09. The van der Waals surface area contributed by atoms with Crippen LogP contribution < -0.4 is 0 Å². The van der Waals surface area contributed by atoms with Crippen molar-refractivity contribution >= 4 is 30.5 Å². The number of carbonyl (C=O) groups excluding carboxylic acids is 3. The van der Waals surface area contributed by atoms with Crippen molar-refractivity contribution in [3.05, 3.63) is 12.2 Å². The number of unbranched alkanes of at least 4 members (excludes halogenated alkanes) is 4. The summed E-state index contributed by atoms with van der Waals surface area (Å²) in [5.41, 5.74) is 0. The summed E-state index contributed by atoms with van der Waals surface area (Å²) < 4.78 is 14.1. The van der Waals surface area contributed by atoms with E-state index in [2.05, 4.69) is 24.3 Å². The van der Waals surface area contributed by atoms with E-state index >= 15 is 0 Å². The van der Waals surface area contributed by atoms with E-state index in [0.29, 0.717) is 6.42 Å². The first-order chi connectivity index (χ1) is 10.6. The molecule has 0 spiro atoms. The van der Waals surface area contributed by atoms with Gasteiger partial charge in [-0.1, -0.05) is 32.6 Å². The third kappa shape index (κ3) is 13.5. The van der Waals surface area contributed by atoms with Gasteiger partial charge < -0.3 is 14.2 Å². The van der Waals surface area contributed by atoms with E-state index in [4.69, 9.17) is 9.47 Å². The van der Waals surface area contributed by atoms with Crippen molar-refractivity contribution in [1.29, 1.82) is 0 Å². The van der Waals surface area contributed by atoms with Gasteiger partial charge in [0.2, 0.25) is 0 Å². The van der Waals surface area contributed by atoms with Crippen LogP contribution in [0, 0.1) is 0 Å². The van der Waals surface area contributed by atoms with Crippen LogP contribution in [0.5, 0.6) is 0 Å². The second kappa shape index (κ2) is 14.4. The molecule has 0 rings (SSSR count). The Labute approximate surface area is 136 Å². The zero-order valence-electron chi connectivity index (χ0n) is 12.9. The molecule has 126 valence electrons. The first kappa shape index (κ1) is 20.5. The van der Waals surface area contributed by atoms with E-state index in [1.807, 2.05) is 0 Å². The highest BCUT2D eigenvalue weighted by Gasteiger charge is 2.04. The lowest BCUT2D eigenvalue weighted by Gasteiger charge is -2.05. The average Bonchev–Trinajstić information content (AvgIpc) is 2.49. The van der Waals surface area contributed by atoms with Crippen molar-refractivity contribution in [3.8, 4) is 0 Å². The summed E-state index contributed by atoms with van der Waals surface area (Å²) in [6, 6.07) is 0. The van der Waals surface area contributed by atoms with Gasteiger partial charge in [-0.05, 0) is 6.42 Å². The smallest absolute Gasteiger partial charge is 0.331 e. The maximum atomic E-state index is 11.4. The largest absolute Gasteiger partial charge is 0.462 e. The molecule has 0 fully saturated rings. The van der Waals surface area contributed by atoms with Crippen LogP contribution in [-0.4, -0.2) is 37.1 Å². The van der Waals surface area contributed by atoms with Gasteiger partial charge in [0.1, 0.15) is 19.2 Å². The molecular formula is C15H24O6S. The van der Waals surface area contributed by atoms with Crippen LogP contribution in [0.3, 0.4) is 0 Å². The van der Waals surface area contributed by atoms with Gasteiger partial charge in [0, 0.05) is 18.6 Å². The monoisotopic (exact) mass is 332 g/mol. The number of carbonyl (C=O) groups is 3. The Morgan fingerprint density at radius 2 is 1.45 bits per heavy atom. The predicted octanol–water partition coefficient (Wildman–Crippen LogP) is 2.42. The number of hydrogen-bond donors (Lipinski definition) is 1. The third-order valence-corrected chi connectivity index (χ3v) is 2.77. The molecule has 0 N–H and O–H groups in total. The Balaban J connectivity index is 3.56. The summed E-state index contributed by atoms with van der Waals surface area (Å²) >= 11 is 3.69. The minimum absolute atomic E-state index is 0.00839. The molecular weight excluding hydrogens is 308 g/mol. The van der Waals surface area contributed by atoms with Gasteiger partial charge >= 0.3 is 17.9 Å². The fraction of sp³-hybridized carbons (Fsp3) is 0.667. The molecule has 7 heteroatoms. The van der Waals surface area contributed by atoms with Crippen LogP contribution in [0.25, 0.3) is 0 Å². The molecule has 0 aromatic heterocycles. The number of hydrogen-bond acceptors (Lipinski definition) is 7. The molecule has 22 heavy (non-hydrogen) atoms. The van der Waals surface area contributed by atoms with Crippen LogP contribution in [0.1, 0.15) is 45.4 Å². The lowest BCUT2D eigenvalue weighted by molar-refractivity contribution is -0.149. The van der Waals surface area contributed by atoms with Gasteiger partial charge in [-0.2, -0.15) is 0 Å². The average molecular weight is 332 g/mol. The Bertz CT molecular complexity index is 367. The molecule has 0 aliphatic carbocycles. The van der Waals surface area contributed by atoms with Gasteiger partial charge in [-0.15, -0.1) is 12.6 Å². The van der Waals surface area contributed by atoms with E-state index in [0.717, 1.165) is 37.8 Å². The summed E-state index contributed by atoms with van der Waals surface area (Å²) in [5, 5.41) is 0. The fourth-order valence-corrected chi connectivity index (χ4v) is 1.67. The molecule has 0 aromatic rings. The molecule has 0 atom stereocenters. The molecule has 0 unspecified atom stereocenters. The van der Waals surface area contributed by atoms with Gasteiger partial charge in [-0.25, -0.2) is 9.59 Å². The third-order valence-electron chi connectivity index (χ3n) is 2.64. The van der Waals surface area contributed by atoms with Gasteiger partial charge in [-0.3, -0.25) is 4.79 Å². The van der Waals surface area contributed by atoms with Gasteiger partial charge in [0.15, 0.2) is 0 Å². The zero-order valence-corrected chi connectivity index (χ0v) is 13.8.